The number of carbonyl (C=O) groups excluding carboxylic acids is 6. The molecule has 6 heterocycles. The zero-order chi connectivity index (χ0) is 92.1. The zero-order valence-electron chi connectivity index (χ0n) is 81.0. The van der Waals surface area contributed by atoms with Gasteiger partial charge in [0.05, 0.1) is 74.0 Å². The van der Waals surface area contributed by atoms with E-state index in [4.69, 9.17) is 80.5 Å². The maximum atomic E-state index is 14.7. The number of esters is 3. The standard InChI is InChI=1S/C42H67NO10.C41H65NO10.C19H26O3/c1-11-26-13-12-14-35(53-37-16-15-34(43(6)7)24(4)49-37)23(3)38(45)33-20-31-29(32(33)21-36(44)51-26)17-22(2)28-18-27(19-30(28)31)52-42-41(48-10)40(47-9)39(46-8)25(5)50-42;1-10-26-12-11-13-34(52-36-17-16-33(42(5)6)23(3)48-36)22(2)37(44)32-20-30-28(31(32)21-35(43)50-26)15-14-25-18-27(19-29(25)30)51-41-40(47-9)39(46-8)38(45-7)24(4)49-41;1-7-8-13-12(4)16(10-15(13)20)22-18(21)17-14(9-11(2)3)19(17,5)6/h17,20,23-32,34-35,37,39-42H,11-16,18-19,21H2,1-10H3;14-15,20,22-31,33-34,36,38-41H,10-13,16-19,21H2,1-9H3;7,9,14,16-17H,1,8,10H2,2-6H3/t23-,24-,25+,26+,27-,28+,29-,30-,31-,32+,34+,35+,37+,39+,40-,41-,42+;22-,23-,24+,25-,26+,27-,28-,29-,30-,31+,33+,34+,36+,38+,39-,40-,41+;/m11./s1. The Morgan fingerprint density at radius 2 is 0.984 bits per heavy atom. The number of hydrogen-bond acceptors (Lipinski definition) is 25. The third kappa shape index (κ3) is 22.6. The van der Waals surface area contributed by atoms with Gasteiger partial charge in [-0.3, -0.25) is 28.8 Å². The summed E-state index contributed by atoms with van der Waals surface area (Å²) >= 11 is 0. The molecule has 0 aromatic rings. The predicted molar refractivity (Wildman–Crippen MR) is 480 cm³/mol. The number of ether oxygens (including phenoxy) is 17. The third-order valence-electron chi connectivity index (χ3n) is 31.9. The molecule has 14 rings (SSSR count). The molecule has 6 saturated heterocycles. The lowest BCUT2D eigenvalue weighted by molar-refractivity contribution is -0.314. The molecule has 127 heavy (non-hydrogen) atoms. The maximum absolute atomic E-state index is 14.7. The van der Waals surface area contributed by atoms with Crippen molar-refractivity contribution in [3.8, 4) is 0 Å². The van der Waals surface area contributed by atoms with E-state index in [1.54, 1.807) is 48.7 Å². The van der Waals surface area contributed by atoms with Gasteiger partial charge in [0.25, 0.3) is 0 Å². The summed E-state index contributed by atoms with van der Waals surface area (Å²) in [4.78, 5) is 85.4. The molecule has 0 bridgehead atoms. The molecule has 14 aliphatic rings. The van der Waals surface area contributed by atoms with Crippen LogP contribution in [0.2, 0.25) is 0 Å². The van der Waals surface area contributed by atoms with Crippen LogP contribution in [0, 0.1) is 88.3 Å². The van der Waals surface area contributed by atoms with E-state index >= 15 is 0 Å². The number of cyclic esters (lactones) is 2. The van der Waals surface area contributed by atoms with Gasteiger partial charge in [0.2, 0.25) is 0 Å². The van der Waals surface area contributed by atoms with Crippen molar-refractivity contribution in [2.75, 3.05) is 70.8 Å². The Labute approximate surface area is 758 Å². The first-order chi connectivity index (χ1) is 60.5. The first-order valence-electron chi connectivity index (χ1n) is 48.3. The van der Waals surface area contributed by atoms with Crippen LogP contribution in [0.25, 0.3) is 0 Å². The Bertz CT molecular complexity index is 3950. The van der Waals surface area contributed by atoms with E-state index in [-0.39, 0.29) is 229 Å². The van der Waals surface area contributed by atoms with Gasteiger partial charge in [-0.2, -0.15) is 0 Å². The lowest BCUT2D eigenvalue weighted by Gasteiger charge is -2.44. The van der Waals surface area contributed by atoms with E-state index in [2.05, 4.69) is 129 Å². The highest BCUT2D eigenvalue weighted by Crippen LogP contribution is 2.61. The minimum Gasteiger partial charge on any atom is -0.462 e. The number of carbonyl (C=O) groups is 6. The zero-order valence-corrected chi connectivity index (χ0v) is 81.0. The summed E-state index contributed by atoms with van der Waals surface area (Å²) in [5.74, 6) is 0.0602. The van der Waals surface area contributed by atoms with Crippen molar-refractivity contribution in [3.05, 3.63) is 82.5 Å². The smallest absolute Gasteiger partial charge is 0.310 e. The number of allylic oxidation sites excluding steroid dienone is 12. The average Bonchev–Trinajstić information content (AvgIpc) is 1.57. The van der Waals surface area contributed by atoms with Crippen molar-refractivity contribution in [2.24, 2.45) is 88.3 Å². The summed E-state index contributed by atoms with van der Waals surface area (Å²) in [6.45, 7) is 32.4. The molecule has 9 fully saturated rings. The first-order valence-corrected chi connectivity index (χ1v) is 48.3. The summed E-state index contributed by atoms with van der Waals surface area (Å²) in [6.07, 6.45) is 23.7. The molecule has 0 radical (unpaired) electrons. The summed E-state index contributed by atoms with van der Waals surface area (Å²) in [7, 11) is 18.3. The largest absolute Gasteiger partial charge is 0.462 e. The van der Waals surface area contributed by atoms with Crippen molar-refractivity contribution < 1.29 is 109 Å². The minimum absolute atomic E-state index is 0.0364. The lowest BCUT2D eigenvalue weighted by atomic mass is 9.67. The van der Waals surface area contributed by atoms with Crippen LogP contribution in [-0.2, 0) is 109 Å². The van der Waals surface area contributed by atoms with Crippen LogP contribution in [-0.4, -0.2) is 257 Å². The van der Waals surface area contributed by atoms with Crippen LogP contribution in [0.1, 0.15) is 225 Å². The molecule has 0 spiro atoms. The Morgan fingerprint density at radius 3 is 1.43 bits per heavy atom. The van der Waals surface area contributed by atoms with Crippen LogP contribution in [0.4, 0.5) is 0 Å². The molecule has 37 atom stereocenters. The number of rotatable bonds is 23. The number of ketones is 3. The molecule has 714 valence electrons. The molecule has 0 aromatic heterocycles. The normalized spacial score (nSPS) is 42.7. The number of nitrogens with zero attached hydrogens (tertiary/aromatic N) is 2. The maximum Gasteiger partial charge on any atom is 0.310 e. The van der Waals surface area contributed by atoms with Gasteiger partial charge in [0.15, 0.2) is 42.5 Å². The summed E-state index contributed by atoms with van der Waals surface area (Å²) < 4.78 is 105. The van der Waals surface area contributed by atoms with Crippen molar-refractivity contribution in [1.82, 2.24) is 9.80 Å². The third-order valence-corrected chi connectivity index (χ3v) is 31.9. The van der Waals surface area contributed by atoms with Crippen molar-refractivity contribution in [3.63, 3.8) is 0 Å². The van der Waals surface area contributed by atoms with Crippen LogP contribution < -0.4 is 0 Å². The molecule has 6 aliphatic heterocycles. The summed E-state index contributed by atoms with van der Waals surface area (Å²) in [5.41, 5.74) is 5.63. The minimum atomic E-state index is -0.598. The Hall–Kier alpha value is -5.04. The van der Waals surface area contributed by atoms with Crippen molar-refractivity contribution in [1.29, 1.82) is 0 Å². The van der Waals surface area contributed by atoms with Crippen LogP contribution in [0.3, 0.4) is 0 Å². The molecule has 25 nitrogen and oxygen atoms in total. The molecular formula is C102H158N2O23. The van der Waals surface area contributed by atoms with Crippen LogP contribution in [0.5, 0.6) is 0 Å². The highest BCUT2D eigenvalue weighted by molar-refractivity contribution is 6.01. The van der Waals surface area contributed by atoms with Crippen molar-refractivity contribution >= 4 is 35.3 Å². The van der Waals surface area contributed by atoms with Crippen LogP contribution in [0.15, 0.2) is 82.5 Å². The summed E-state index contributed by atoms with van der Waals surface area (Å²) in [6, 6.07) is 0.676. The van der Waals surface area contributed by atoms with E-state index in [0.29, 0.717) is 43.2 Å². The monoisotopic (exact) mass is 1780 g/mol. The molecule has 3 saturated carbocycles. The molecule has 0 aromatic carbocycles. The second-order valence-corrected chi connectivity index (χ2v) is 40.7. The summed E-state index contributed by atoms with van der Waals surface area (Å²) in [5, 5.41) is 0. The number of fused-ring (bicyclic) bond motifs is 10. The molecule has 3 unspecified atom stereocenters. The average molecular weight is 1780 g/mol. The molecule has 0 N–H and O–H groups in total. The highest BCUT2D eigenvalue weighted by Gasteiger charge is 2.63. The van der Waals surface area contributed by atoms with Gasteiger partial charge in [0, 0.05) is 84.0 Å². The van der Waals surface area contributed by atoms with E-state index in [0.717, 1.165) is 112 Å². The van der Waals surface area contributed by atoms with Gasteiger partial charge < -0.3 is 90.3 Å². The van der Waals surface area contributed by atoms with Crippen molar-refractivity contribution in [2.45, 2.75) is 366 Å². The molecular weight excluding hydrogens is 1620 g/mol. The second kappa shape index (κ2) is 44.4. The Balaban J connectivity index is 0.000000187. The van der Waals surface area contributed by atoms with Gasteiger partial charge in [-0.1, -0.05) is 95.2 Å². The van der Waals surface area contributed by atoms with Gasteiger partial charge >= 0.3 is 17.9 Å². The fourth-order valence-electron chi connectivity index (χ4n) is 24.6. The van der Waals surface area contributed by atoms with E-state index < -0.39 is 30.9 Å². The SMILES string of the molecule is C=CCC1=C(C)C(OC(=O)C2C(C=C(C)C)C2(C)C)CC1=O.CC[C@H]1CCC[C@H](O[C@H]2CC[C@H](N(C)C)[C@@H](C)O2)[C@@H](C)C(=O)C2=C[C@@H]3[C@@H](C=C(C)[C@@H]4C[C@@H](O[C@@H]5O[C@@H](C)[C@H](OC)[C@@H](OC)[C@H]5OC)C[C@@H]34)[C@@H]2CC(=O)O1.CC[C@H]1CCC[C@H](O[C@H]2CC[C@H](N(C)C)[C@@H](C)O2)[C@@H](C)C(=O)C2=C[C@@H]3[C@@H](C=C[C@@H]4C[C@@H](O[C@@H]5O[C@@H](C)[C@H](OC)[C@@H](OC)[C@H]5OC)C[C@@H]34)[C@@H]2CC(=O)O1. The first kappa shape index (κ1) is 101. The molecule has 0 amide bonds. The van der Waals surface area contributed by atoms with E-state index in [9.17, 15) is 28.8 Å². The fourth-order valence-corrected chi connectivity index (χ4v) is 24.6. The lowest BCUT2D eigenvalue weighted by Crippen LogP contribution is -2.59. The van der Waals surface area contributed by atoms with Gasteiger partial charge in [-0.25, -0.2) is 0 Å². The van der Waals surface area contributed by atoms with Gasteiger partial charge in [-0.05, 0) is 268 Å². The topological polar surface area (TPSA) is 266 Å². The number of likely N-dealkylation sites (N-methyl/N-ethyl adjacent to an activating group) is 2. The second-order valence-electron chi connectivity index (χ2n) is 40.7. The Morgan fingerprint density at radius 1 is 0.520 bits per heavy atom. The van der Waals surface area contributed by atoms with E-state index in [1.807, 2.05) is 48.5 Å². The van der Waals surface area contributed by atoms with Crippen LogP contribution >= 0.6 is 0 Å². The molecule has 8 aliphatic carbocycles. The highest BCUT2D eigenvalue weighted by atomic mass is 16.7. The number of Topliss-reactive ketones (excluding diaryl/α,β-unsaturated/α-hetero) is 3. The fraction of sp³-hybridized carbons (Fsp3) is 0.804. The van der Waals surface area contributed by atoms with Gasteiger partial charge in [0.1, 0.15) is 54.9 Å². The quantitative estimate of drug-likeness (QED) is 0.0522. The number of hydrogen-bond donors (Lipinski definition) is 0. The predicted octanol–water partition coefficient (Wildman–Crippen LogP) is 15.4. The van der Waals surface area contributed by atoms with E-state index in [1.165, 1.54) is 11.1 Å². The molecule has 25 heteroatoms. The Kier molecular flexibility index (Phi) is 35.3. The van der Waals surface area contributed by atoms with Gasteiger partial charge in [-0.15, -0.1) is 6.58 Å². The number of methoxy groups -OCH3 is 6.